The van der Waals surface area contributed by atoms with Crippen molar-refractivity contribution in [3.63, 3.8) is 0 Å². The van der Waals surface area contributed by atoms with Gasteiger partial charge in [0, 0.05) is 12.1 Å². The predicted octanol–water partition coefficient (Wildman–Crippen LogP) is 0.376. The van der Waals surface area contributed by atoms with E-state index in [4.69, 9.17) is 5.11 Å². The van der Waals surface area contributed by atoms with E-state index < -0.39 is 11.2 Å². The van der Waals surface area contributed by atoms with Gasteiger partial charge < -0.3 is 10.3 Å². The average molecular weight is 185 g/mol. The lowest BCUT2D eigenvalue weighted by molar-refractivity contribution is -0.605. The summed E-state index contributed by atoms with van der Waals surface area (Å²) in [6.45, 7) is 0. The topological polar surface area (TPSA) is 64.2 Å². The molecule has 0 fully saturated rings. The number of carboxylic acid groups (broad SMARTS) is 1. The van der Waals surface area contributed by atoms with E-state index in [0.717, 1.165) is 0 Å². The molecule has 1 atom stereocenters. The summed E-state index contributed by atoms with van der Waals surface area (Å²) in [7, 11) is 0. The fourth-order valence-corrected chi connectivity index (χ4v) is 0.921. The highest BCUT2D eigenvalue weighted by atomic mass is 32.1. The molecule has 0 bridgehead atoms. The monoisotopic (exact) mass is 185 g/mol. The number of nitrogens with zero attached hydrogens (tertiary/aromatic N) is 1. The zero-order chi connectivity index (χ0) is 9.14. The molecule has 5 heteroatoms. The SMILES string of the molecule is O=C(O)C(S)c1cc[n+]([O-])cc1. The summed E-state index contributed by atoms with van der Waals surface area (Å²) in [5.74, 6) is -1.03. The molecule has 4 nitrogen and oxygen atoms in total. The van der Waals surface area contributed by atoms with Crippen LogP contribution in [0, 0.1) is 5.21 Å². The van der Waals surface area contributed by atoms with Gasteiger partial charge in [0.05, 0.1) is 0 Å². The van der Waals surface area contributed by atoms with Gasteiger partial charge in [-0.05, 0) is 5.56 Å². The highest BCUT2D eigenvalue weighted by molar-refractivity contribution is 7.81. The molecule has 0 saturated heterocycles. The minimum atomic E-state index is -1.03. The summed E-state index contributed by atoms with van der Waals surface area (Å²) in [4.78, 5) is 10.4. The van der Waals surface area contributed by atoms with Crippen LogP contribution < -0.4 is 4.73 Å². The minimum absolute atomic E-state index is 0.498. The summed E-state index contributed by atoms with van der Waals surface area (Å²) in [5, 5.41) is 18.2. The quantitative estimate of drug-likeness (QED) is 0.397. The molecule has 0 aliphatic carbocycles. The minimum Gasteiger partial charge on any atom is -0.619 e. The molecule has 1 unspecified atom stereocenters. The third kappa shape index (κ3) is 1.88. The van der Waals surface area contributed by atoms with Gasteiger partial charge in [0.2, 0.25) is 0 Å². The Balaban J connectivity index is 2.89. The van der Waals surface area contributed by atoms with Gasteiger partial charge in [-0.3, -0.25) is 4.79 Å². The fourth-order valence-electron chi connectivity index (χ4n) is 0.749. The van der Waals surface area contributed by atoms with Crippen LogP contribution in [0.2, 0.25) is 0 Å². The van der Waals surface area contributed by atoms with Gasteiger partial charge in [0.1, 0.15) is 5.25 Å². The van der Waals surface area contributed by atoms with Crippen molar-refractivity contribution >= 4 is 18.6 Å². The smallest absolute Gasteiger partial charge is 0.320 e. The van der Waals surface area contributed by atoms with Gasteiger partial charge in [-0.15, -0.1) is 0 Å². The first-order chi connectivity index (χ1) is 5.61. The lowest BCUT2D eigenvalue weighted by Gasteiger charge is -2.03. The first-order valence-electron chi connectivity index (χ1n) is 3.21. The van der Waals surface area contributed by atoms with Gasteiger partial charge >= 0.3 is 5.97 Å². The van der Waals surface area contributed by atoms with Crippen LogP contribution in [0.3, 0.4) is 0 Å². The molecule has 0 amide bonds. The number of carboxylic acids is 1. The molecule has 0 aliphatic rings. The first-order valence-corrected chi connectivity index (χ1v) is 3.72. The molecule has 1 aromatic rings. The number of thiol groups is 1. The lowest BCUT2D eigenvalue weighted by Crippen LogP contribution is -2.24. The van der Waals surface area contributed by atoms with Crippen LogP contribution in [0.1, 0.15) is 10.8 Å². The van der Waals surface area contributed by atoms with Gasteiger partial charge in [-0.1, -0.05) is 0 Å². The van der Waals surface area contributed by atoms with E-state index in [1.54, 1.807) is 0 Å². The Hall–Kier alpha value is -1.23. The molecule has 0 aromatic carbocycles. The van der Waals surface area contributed by atoms with Gasteiger partial charge in [0.15, 0.2) is 12.4 Å². The van der Waals surface area contributed by atoms with Crippen molar-refractivity contribution in [3.8, 4) is 0 Å². The number of aromatic nitrogens is 1. The molecule has 12 heavy (non-hydrogen) atoms. The summed E-state index contributed by atoms with van der Waals surface area (Å²) in [6, 6.07) is 2.86. The van der Waals surface area contributed by atoms with Crippen molar-refractivity contribution < 1.29 is 14.6 Å². The van der Waals surface area contributed by atoms with Gasteiger partial charge in [0.25, 0.3) is 0 Å². The second-order valence-electron chi connectivity index (χ2n) is 2.23. The van der Waals surface area contributed by atoms with Crippen LogP contribution >= 0.6 is 12.6 Å². The van der Waals surface area contributed by atoms with Crippen molar-refractivity contribution in [1.29, 1.82) is 0 Å². The summed E-state index contributed by atoms with van der Waals surface area (Å²) in [5.41, 5.74) is 0.498. The summed E-state index contributed by atoms with van der Waals surface area (Å²) >= 11 is 3.84. The Morgan fingerprint density at radius 3 is 2.50 bits per heavy atom. The van der Waals surface area contributed by atoms with E-state index >= 15 is 0 Å². The van der Waals surface area contributed by atoms with Gasteiger partial charge in [-0.2, -0.15) is 17.4 Å². The molecule has 0 aliphatic heterocycles. The number of hydrogen-bond donors (Lipinski definition) is 2. The molecule has 0 radical (unpaired) electrons. The van der Waals surface area contributed by atoms with E-state index in [1.807, 2.05) is 0 Å². The van der Waals surface area contributed by atoms with Crippen molar-refractivity contribution in [2.24, 2.45) is 0 Å². The standard InChI is InChI=1S/C7H7NO3S/c9-7(10)6(12)5-1-3-8(11)4-2-5/h1-4,6,12H,(H,9,10). The van der Waals surface area contributed by atoms with Gasteiger partial charge in [-0.25, -0.2) is 0 Å². The maximum atomic E-state index is 10.6. The second kappa shape index (κ2) is 3.44. The van der Waals surface area contributed by atoms with Crippen molar-refractivity contribution in [2.75, 3.05) is 0 Å². The number of rotatable bonds is 2. The fraction of sp³-hybridized carbons (Fsp3) is 0.143. The average Bonchev–Trinajstić information content (AvgIpc) is 2.04. The van der Waals surface area contributed by atoms with Crippen LogP contribution in [0.25, 0.3) is 0 Å². The third-order valence-corrected chi connectivity index (χ3v) is 1.90. The normalized spacial score (nSPS) is 12.4. The van der Waals surface area contributed by atoms with Crippen molar-refractivity contribution in [1.82, 2.24) is 0 Å². The Morgan fingerprint density at radius 1 is 1.58 bits per heavy atom. The zero-order valence-corrected chi connectivity index (χ0v) is 6.94. The lowest BCUT2D eigenvalue weighted by atomic mass is 10.2. The number of pyridine rings is 1. The Morgan fingerprint density at radius 2 is 2.08 bits per heavy atom. The number of carbonyl (C=O) groups is 1. The molecule has 1 heterocycles. The van der Waals surface area contributed by atoms with Crippen LogP contribution in [0.5, 0.6) is 0 Å². The molecule has 64 valence electrons. The molecule has 1 aromatic heterocycles. The molecule has 0 saturated carbocycles. The van der Waals surface area contributed by atoms with Crippen molar-refractivity contribution in [3.05, 3.63) is 35.3 Å². The van der Waals surface area contributed by atoms with E-state index in [0.29, 0.717) is 10.3 Å². The van der Waals surface area contributed by atoms with Crippen LogP contribution in [0.15, 0.2) is 24.5 Å². The van der Waals surface area contributed by atoms with E-state index in [2.05, 4.69) is 12.6 Å². The van der Waals surface area contributed by atoms with Crippen LogP contribution in [-0.4, -0.2) is 11.1 Å². The number of aliphatic carboxylic acids is 1. The third-order valence-electron chi connectivity index (χ3n) is 1.38. The summed E-state index contributed by atoms with van der Waals surface area (Å²) < 4.78 is 0.589. The molecule has 1 rings (SSSR count). The van der Waals surface area contributed by atoms with Crippen LogP contribution in [-0.2, 0) is 4.79 Å². The Labute approximate surface area is 74.5 Å². The summed E-state index contributed by atoms with van der Waals surface area (Å²) in [6.07, 6.45) is 2.48. The first kappa shape index (κ1) is 8.86. The maximum Gasteiger partial charge on any atom is 0.320 e. The molecule has 1 N–H and O–H groups in total. The maximum absolute atomic E-state index is 10.6. The van der Waals surface area contributed by atoms with Crippen molar-refractivity contribution in [2.45, 2.75) is 5.25 Å². The largest absolute Gasteiger partial charge is 0.619 e. The zero-order valence-electron chi connectivity index (χ0n) is 6.04. The molecule has 0 spiro atoms. The molecular weight excluding hydrogens is 178 g/mol. The predicted molar refractivity (Wildman–Crippen MR) is 44.8 cm³/mol. The highest BCUT2D eigenvalue weighted by Gasteiger charge is 2.14. The second-order valence-corrected chi connectivity index (χ2v) is 2.75. The van der Waals surface area contributed by atoms with E-state index in [9.17, 15) is 10.0 Å². The van der Waals surface area contributed by atoms with E-state index in [-0.39, 0.29) is 0 Å². The highest BCUT2D eigenvalue weighted by Crippen LogP contribution is 2.17. The number of hydrogen-bond acceptors (Lipinski definition) is 3. The van der Waals surface area contributed by atoms with E-state index in [1.165, 1.54) is 24.5 Å². The molecular formula is C7H7NO3S. The Bertz CT molecular complexity index is 285. The Kier molecular flexibility index (Phi) is 2.54. The van der Waals surface area contributed by atoms with Crippen LogP contribution in [0.4, 0.5) is 0 Å².